The Balaban J connectivity index is 2.30. The van der Waals surface area contributed by atoms with Crippen molar-refractivity contribution in [2.75, 3.05) is 0 Å². The van der Waals surface area contributed by atoms with Crippen molar-refractivity contribution in [2.45, 2.75) is 24.8 Å². The smallest absolute Gasteiger partial charge is 0.135 e. The Bertz CT molecular complexity index is 358. The van der Waals surface area contributed by atoms with Gasteiger partial charge in [-0.25, -0.2) is 0 Å². The molecule has 0 bridgehead atoms. The number of rotatable bonds is 1. The predicted octanol–water partition coefficient (Wildman–Crippen LogP) is 1.30. The minimum atomic E-state index is -0.509. The number of Topliss-reactive ketones (excluding diaryl/α,β-unsaturated/α-hetero) is 1. The van der Waals surface area contributed by atoms with Gasteiger partial charge in [-0.2, -0.15) is 0 Å². The minimum absolute atomic E-state index is 0.223. The van der Waals surface area contributed by atoms with Gasteiger partial charge in [-0.15, -0.1) is 0 Å². The summed E-state index contributed by atoms with van der Waals surface area (Å²) in [6.07, 6.45) is 1.69. The van der Waals surface area contributed by atoms with E-state index in [9.17, 15) is 4.79 Å². The summed E-state index contributed by atoms with van der Waals surface area (Å²) in [4.78, 5) is 11.2. The number of ketones is 1. The molecule has 74 valence electrons. The zero-order chi connectivity index (χ0) is 10.2. The van der Waals surface area contributed by atoms with Crippen molar-refractivity contribution in [2.24, 2.45) is 5.73 Å². The van der Waals surface area contributed by atoms with E-state index in [1.54, 1.807) is 24.3 Å². The van der Waals surface area contributed by atoms with Gasteiger partial charge in [-0.3, -0.25) is 4.79 Å². The Kier molecular flexibility index (Phi) is 2.04. The lowest BCUT2D eigenvalue weighted by Crippen LogP contribution is -2.33. The summed E-state index contributed by atoms with van der Waals surface area (Å²) in [5, 5.41) is 9.13. The van der Waals surface area contributed by atoms with E-state index in [0.29, 0.717) is 19.3 Å². The highest BCUT2D eigenvalue weighted by Crippen LogP contribution is 2.34. The molecule has 0 heterocycles. The SMILES string of the molecule is NC1(c2ccc(O)cc2)CCC(=O)C1. The molecular weight excluding hydrogens is 178 g/mol. The Labute approximate surface area is 82.5 Å². The third kappa shape index (κ3) is 1.51. The van der Waals surface area contributed by atoms with Crippen LogP contribution in [0.15, 0.2) is 24.3 Å². The van der Waals surface area contributed by atoms with Gasteiger partial charge in [0.2, 0.25) is 0 Å². The lowest BCUT2D eigenvalue weighted by molar-refractivity contribution is -0.117. The van der Waals surface area contributed by atoms with E-state index in [0.717, 1.165) is 5.56 Å². The first-order chi connectivity index (χ1) is 6.60. The van der Waals surface area contributed by atoms with Crippen LogP contribution >= 0.6 is 0 Å². The van der Waals surface area contributed by atoms with Crippen molar-refractivity contribution in [1.29, 1.82) is 0 Å². The highest BCUT2D eigenvalue weighted by Gasteiger charge is 2.35. The molecule has 14 heavy (non-hydrogen) atoms. The van der Waals surface area contributed by atoms with Gasteiger partial charge in [0.1, 0.15) is 11.5 Å². The fourth-order valence-corrected chi connectivity index (χ4v) is 1.93. The first-order valence-electron chi connectivity index (χ1n) is 4.70. The van der Waals surface area contributed by atoms with Gasteiger partial charge >= 0.3 is 0 Å². The fourth-order valence-electron chi connectivity index (χ4n) is 1.93. The maximum Gasteiger partial charge on any atom is 0.135 e. The van der Waals surface area contributed by atoms with Gasteiger partial charge in [-0.05, 0) is 24.1 Å². The third-order valence-electron chi connectivity index (χ3n) is 2.80. The lowest BCUT2D eigenvalue weighted by atomic mass is 9.89. The molecule has 2 rings (SSSR count). The van der Waals surface area contributed by atoms with Crippen LogP contribution in [0.25, 0.3) is 0 Å². The molecule has 0 saturated heterocycles. The van der Waals surface area contributed by atoms with E-state index < -0.39 is 5.54 Å². The van der Waals surface area contributed by atoms with Crippen LogP contribution in [0.2, 0.25) is 0 Å². The zero-order valence-corrected chi connectivity index (χ0v) is 7.86. The summed E-state index contributed by atoms with van der Waals surface area (Å²) >= 11 is 0. The number of benzene rings is 1. The Morgan fingerprint density at radius 3 is 2.43 bits per heavy atom. The Morgan fingerprint density at radius 1 is 1.29 bits per heavy atom. The van der Waals surface area contributed by atoms with Gasteiger partial charge in [0.05, 0.1) is 0 Å². The van der Waals surface area contributed by atoms with Crippen LogP contribution in [0.4, 0.5) is 0 Å². The summed E-state index contributed by atoms with van der Waals surface area (Å²) in [5.41, 5.74) is 6.54. The van der Waals surface area contributed by atoms with Crippen LogP contribution in [-0.2, 0) is 10.3 Å². The molecule has 0 amide bonds. The second kappa shape index (κ2) is 3.10. The largest absolute Gasteiger partial charge is 0.508 e. The molecule has 1 aromatic rings. The molecule has 3 N–H and O–H groups in total. The lowest BCUT2D eigenvalue weighted by Gasteiger charge is -2.22. The van der Waals surface area contributed by atoms with Crippen LogP contribution in [0.1, 0.15) is 24.8 Å². The molecule has 1 aliphatic rings. The highest BCUT2D eigenvalue weighted by molar-refractivity contribution is 5.82. The molecule has 0 aromatic heterocycles. The standard InChI is InChI=1S/C11H13NO2/c12-11(6-5-10(14)7-11)8-1-3-9(13)4-2-8/h1-4,13H,5-7,12H2. The number of carbonyl (C=O) groups excluding carboxylic acids is 1. The van der Waals surface area contributed by atoms with E-state index in [2.05, 4.69) is 0 Å². The normalized spacial score (nSPS) is 26.8. The minimum Gasteiger partial charge on any atom is -0.508 e. The number of phenols is 1. The number of hydrogen-bond donors (Lipinski definition) is 2. The molecule has 0 aliphatic heterocycles. The van der Waals surface area contributed by atoms with Crippen LogP contribution in [0.5, 0.6) is 5.75 Å². The first kappa shape index (κ1) is 9.21. The van der Waals surface area contributed by atoms with Gasteiger partial charge in [0.25, 0.3) is 0 Å². The summed E-state index contributed by atoms with van der Waals surface area (Å²) in [7, 11) is 0. The molecule has 1 aromatic carbocycles. The maximum atomic E-state index is 11.2. The molecular formula is C11H13NO2. The maximum absolute atomic E-state index is 11.2. The average Bonchev–Trinajstić information content (AvgIpc) is 2.48. The second-order valence-electron chi connectivity index (χ2n) is 3.92. The Hall–Kier alpha value is -1.35. The van der Waals surface area contributed by atoms with Gasteiger partial charge in [-0.1, -0.05) is 12.1 Å². The predicted molar refractivity (Wildman–Crippen MR) is 52.8 cm³/mol. The van der Waals surface area contributed by atoms with E-state index in [1.165, 1.54) is 0 Å². The molecule has 1 saturated carbocycles. The van der Waals surface area contributed by atoms with Crippen molar-refractivity contribution in [1.82, 2.24) is 0 Å². The number of carbonyl (C=O) groups is 1. The van der Waals surface area contributed by atoms with E-state index in [-0.39, 0.29) is 11.5 Å². The molecule has 1 aliphatic carbocycles. The zero-order valence-electron chi connectivity index (χ0n) is 7.86. The van der Waals surface area contributed by atoms with Gasteiger partial charge in [0.15, 0.2) is 0 Å². The second-order valence-corrected chi connectivity index (χ2v) is 3.92. The van der Waals surface area contributed by atoms with E-state index in [4.69, 9.17) is 10.8 Å². The van der Waals surface area contributed by atoms with E-state index in [1.807, 2.05) is 0 Å². The van der Waals surface area contributed by atoms with Crippen molar-refractivity contribution in [3.63, 3.8) is 0 Å². The highest BCUT2D eigenvalue weighted by atomic mass is 16.3. The summed E-state index contributed by atoms with van der Waals surface area (Å²) in [5.74, 6) is 0.447. The van der Waals surface area contributed by atoms with Crippen LogP contribution in [0.3, 0.4) is 0 Å². The summed E-state index contributed by atoms with van der Waals surface area (Å²) in [6.45, 7) is 0. The van der Waals surface area contributed by atoms with Gasteiger partial charge in [0, 0.05) is 18.4 Å². The first-order valence-corrected chi connectivity index (χ1v) is 4.70. The molecule has 1 unspecified atom stereocenters. The van der Waals surface area contributed by atoms with Crippen molar-refractivity contribution in [3.05, 3.63) is 29.8 Å². The summed E-state index contributed by atoms with van der Waals surface area (Å²) in [6, 6.07) is 6.78. The number of phenolic OH excluding ortho intramolecular Hbond substituents is 1. The third-order valence-corrected chi connectivity index (χ3v) is 2.80. The number of nitrogens with two attached hydrogens (primary N) is 1. The van der Waals surface area contributed by atoms with Crippen LogP contribution in [0, 0.1) is 0 Å². The van der Waals surface area contributed by atoms with Crippen molar-refractivity contribution in [3.8, 4) is 5.75 Å². The molecule has 0 spiro atoms. The van der Waals surface area contributed by atoms with Crippen LogP contribution in [-0.4, -0.2) is 10.9 Å². The van der Waals surface area contributed by atoms with Crippen molar-refractivity contribution < 1.29 is 9.90 Å². The topological polar surface area (TPSA) is 63.3 Å². The quantitative estimate of drug-likeness (QED) is 0.703. The van der Waals surface area contributed by atoms with E-state index >= 15 is 0 Å². The monoisotopic (exact) mass is 191 g/mol. The van der Waals surface area contributed by atoms with Gasteiger partial charge < -0.3 is 10.8 Å². The molecule has 3 nitrogen and oxygen atoms in total. The summed E-state index contributed by atoms with van der Waals surface area (Å²) < 4.78 is 0. The van der Waals surface area contributed by atoms with Crippen LogP contribution < -0.4 is 5.73 Å². The average molecular weight is 191 g/mol. The molecule has 0 radical (unpaired) electrons. The molecule has 1 fully saturated rings. The number of aromatic hydroxyl groups is 1. The molecule has 1 atom stereocenters. The fraction of sp³-hybridized carbons (Fsp3) is 0.364. The molecule has 3 heteroatoms. The Morgan fingerprint density at radius 2 is 1.93 bits per heavy atom. The van der Waals surface area contributed by atoms with Crippen molar-refractivity contribution >= 4 is 5.78 Å². The number of hydrogen-bond acceptors (Lipinski definition) is 3.